The third-order valence-electron chi connectivity index (χ3n) is 5.54. The number of rotatable bonds is 5. The SMILES string of the molecule is O=S(=O)(c1cc(N=Cc2ccc(Cl)cc2Cl)ccc1N1CCCCC1)N1CCOCC1. The molecule has 0 unspecified atom stereocenters. The van der Waals surface area contributed by atoms with Gasteiger partial charge < -0.3 is 9.64 Å². The van der Waals surface area contributed by atoms with Gasteiger partial charge in [0.25, 0.3) is 0 Å². The molecule has 2 heterocycles. The summed E-state index contributed by atoms with van der Waals surface area (Å²) in [6.07, 6.45) is 4.92. The average Bonchev–Trinajstić information content (AvgIpc) is 2.79. The number of nitrogens with zero attached hydrogens (tertiary/aromatic N) is 3. The van der Waals surface area contributed by atoms with Gasteiger partial charge >= 0.3 is 0 Å². The highest BCUT2D eigenvalue weighted by Gasteiger charge is 2.30. The van der Waals surface area contributed by atoms with E-state index in [9.17, 15) is 8.42 Å². The number of hydrogen-bond acceptors (Lipinski definition) is 5. The van der Waals surface area contributed by atoms with Crippen molar-refractivity contribution in [3.05, 3.63) is 52.0 Å². The first-order valence-electron chi connectivity index (χ1n) is 10.4. The Morgan fingerprint density at radius 1 is 0.935 bits per heavy atom. The summed E-state index contributed by atoms with van der Waals surface area (Å²) in [5, 5.41) is 1.04. The molecular weight excluding hydrogens is 457 g/mol. The number of benzene rings is 2. The van der Waals surface area contributed by atoms with Crippen molar-refractivity contribution >= 4 is 50.8 Å². The van der Waals surface area contributed by atoms with Gasteiger partial charge in [0, 0.05) is 43.0 Å². The zero-order valence-corrected chi connectivity index (χ0v) is 19.5. The van der Waals surface area contributed by atoms with Gasteiger partial charge in [0.05, 0.1) is 29.6 Å². The summed E-state index contributed by atoms with van der Waals surface area (Å²) in [6, 6.07) is 10.6. The second-order valence-electron chi connectivity index (χ2n) is 7.64. The third kappa shape index (κ3) is 5.23. The molecule has 0 saturated carbocycles. The van der Waals surface area contributed by atoms with Crippen molar-refractivity contribution in [3.63, 3.8) is 0 Å². The van der Waals surface area contributed by atoms with Crippen molar-refractivity contribution in [1.29, 1.82) is 0 Å². The number of ether oxygens (including phenoxy) is 1. The molecule has 4 rings (SSSR count). The first-order chi connectivity index (χ1) is 14.9. The van der Waals surface area contributed by atoms with Crippen molar-refractivity contribution < 1.29 is 13.2 Å². The smallest absolute Gasteiger partial charge is 0.245 e. The van der Waals surface area contributed by atoms with Crippen LogP contribution in [0, 0.1) is 0 Å². The second kappa shape index (κ2) is 9.88. The van der Waals surface area contributed by atoms with E-state index >= 15 is 0 Å². The molecule has 0 aliphatic carbocycles. The summed E-state index contributed by atoms with van der Waals surface area (Å²) in [7, 11) is -3.67. The lowest BCUT2D eigenvalue weighted by Gasteiger charge is -2.32. The molecule has 2 aliphatic heterocycles. The van der Waals surface area contributed by atoms with Crippen molar-refractivity contribution in [1.82, 2.24) is 4.31 Å². The minimum absolute atomic E-state index is 0.299. The lowest BCUT2D eigenvalue weighted by molar-refractivity contribution is 0.0730. The van der Waals surface area contributed by atoms with Gasteiger partial charge in [-0.15, -0.1) is 0 Å². The van der Waals surface area contributed by atoms with Crippen LogP contribution < -0.4 is 4.90 Å². The summed E-state index contributed by atoms with van der Waals surface area (Å²) < 4.78 is 33.9. The Kier molecular flexibility index (Phi) is 7.19. The molecule has 0 aromatic heterocycles. The second-order valence-corrected chi connectivity index (χ2v) is 10.4. The molecule has 31 heavy (non-hydrogen) atoms. The van der Waals surface area contributed by atoms with E-state index in [0.29, 0.717) is 52.5 Å². The Balaban J connectivity index is 1.71. The molecule has 2 aromatic carbocycles. The average molecular weight is 482 g/mol. The maximum absolute atomic E-state index is 13.5. The van der Waals surface area contributed by atoms with Crippen LogP contribution in [-0.4, -0.2) is 58.3 Å². The zero-order valence-electron chi connectivity index (χ0n) is 17.1. The predicted octanol–water partition coefficient (Wildman–Crippen LogP) is 4.76. The van der Waals surface area contributed by atoms with Crippen LogP contribution in [0.1, 0.15) is 24.8 Å². The molecule has 9 heteroatoms. The van der Waals surface area contributed by atoms with E-state index in [2.05, 4.69) is 9.89 Å². The maximum atomic E-state index is 13.5. The Hall–Kier alpha value is -1.64. The van der Waals surface area contributed by atoms with E-state index in [4.69, 9.17) is 27.9 Å². The molecule has 6 nitrogen and oxygen atoms in total. The van der Waals surface area contributed by atoms with Gasteiger partial charge in [-0.2, -0.15) is 4.31 Å². The quantitative estimate of drug-likeness (QED) is 0.577. The highest BCUT2D eigenvalue weighted by molar-refractivity contribution is 7.89. The summed E-state index contributed by atoms with van der Waals surface area (Å²) >= 11 is 12.2. The minimum Gasteiger partial charge on any atom is -0.379 e. The zero-order chi connectivity index (χ0) is 21.8. The summed E-state index contributed by atoms with van der Waals surface area (Å²) in [5.74, 6) is 0. The number of sulfonamides is 1. The highest BCUT2D eigenvalue weighted by atomic mass is 35.5. The highest BCUT2D eigenvalue weighted by Crippen LogP contribution is 2.34. The van der Waals surface area contributed by atoms with Gasteiger partial charge in [0.2, 0.25) is 10.0 Å². The van der Waals surface area contributed by atoms with E-state index in [-0.39, 0.29) is 0 Å². The van der Waals surface area contributed by atoms with Gasteiger partial charge in [-0.3, -0.25) is 4.99 Å². The van der Waals surface area contributed by atoms with Crippen LogP contribution in [0.2, 0.25) is 10.0 Å². The molecule has 2 fully saturated rings. The summed E-state index contributed by atoms with van der Waals surface area (Å²) in [5.41, 5.74) is 2.01. The first kappa shape index (κ1) is 22.6. The number of hydrogen-bond donors (Lipinski definition) is 0. The van der Waals surface area contributed by atoms with Gasteiger partial charge in [0.15, 0.2) is 0 Å². The minimum atomic E-state index is -3.67. The van der Waals surface area contributed by atoms with Crippen LogP contribution in [0.5, 0.6) is 0 Å². The Bertz CT molecular complexity index is 1060. The van der Waals surface area contributed by atoms with Crippen LogP contribution in [0.3, 0.4) is 0 Å². The fourth-order valence-electron chi connectivity index (χ4n) is 3.86. The lowest BCUT2D eigenvalue weighted by Crippen LogP contribution is -2.41. The molecule has 0 bridgehead atoms. The maximum Gasteiger partial charge on any atom is 0.245 e. The fraction of sp³-hybridized carbons (Fsp3) is 0.409. The van der Waals surface area contributed by atoms with Gasteiger partial charge in [-0.05, 0) is 49.6 Å². The molecule has 0 radical (unpaired) electrons. The van der Waals surface area contributed by atoms with Crippen LogP contribution in [0.4, 0.5) is 11.4 Å². The monoisotopic (exact) mass is 481 g/mol. The number of halogens is 2. The largest absolute Gasteiger partial charge is 0.379 e. The van der Waals surface area contributed by atoms with Crippen LogP contribution in [0.15, 0.2) is 46.3 Å². The van der Waals surface area contributed by atoms with Crippen LogP contribution >= 0.6 is 23.2 Å². The molecular formula is C22H25Cl2N3O3S. The standard InChI is InChI=1S/C22H25Cl2N3O3S/c23-18-5-4-17(20(24)14-18)16-25-19-6-7-21(26-8-2-1-3-9-26)22(15-19)31(28,29)27-10-12-30-13-11-27/h4-7,14-16H,1-3,8-13H2. The first-order valence-corrected chi connectivity index (χ1v) is 12.6. The number of anilines is 1. The van der Waals surface area contributed by atoms with E-state index in [0.717, 1.165) is 31.6 Å². The van der Waals surface area contributed by atoms with Crippen molar-refractivity contribution in [2.24, 2.45) is 4.99 Å². The van der Waals surface area contributed by atoms with E-state index < -0.39 is 10.0 Å². The van der Waals surface area contributed by atoms with Crippen LogP contribution in [-0.2, 0) is 14.8 Å². The predicted molar refractivity (Wildman–Crippen MR) is 126 cm³/mol. The number of piperidine rings is 1. The molecule has 0 N–H and O–H groups in total. The van der Waals surface area contributed by atoms with Gasteiger partial charge in [-0.25, -0.2) is 8.42 Å². The topological polar surface area (TPSA) is 62.2 Å². The van der Waals surface area contributed by atoms with E-state index in [1.807, 2.05) is 12.1 Å². The third-order valence-corrected chi connectivity index (χ3v) is 8.03. The Morgan fingerprint density at radius 2 is 1.68 bits per heavy atom. The van der Waals surface area contributed by atoms with Crippen molar-refractivity contribution in [2.75, 3.05) is 44.3 Å². The molecule has 2 aliphatic rings. The molecule has 0 amide bonds. The molecule has 2 saturated heterocycles. The molecule has 2 aromatic rings. The van der Waals surface area contributed by atoms with Gasteiger partial charge in [0.1, 0.15) is 4.90 Å². The van der Waals surface area contributed by atoms with E-state index in [1.54, 1.807) is 30.5 Å². The Labute approximate surface area is 193 Å². The number of aliphatic imine (C=N–C) groups is 1. The van der Waals surface area contributed by atoms with Gasteiger partial charge in [-0.1, -0.05) is 29.3 Å². The fourth-order valence-corrected chi connectivity index (χ4v) is 5.96. The normalized spacial score (nSPS) is 18.6. The molecule has 0 spiro atoms. The number of morpholine rings is 1. The van der Waals surface area contributed by atoms with E-state index in [1.165, 1.54) is 10.7 Å². The summed E-state index contributed by atoms with van der Waals surface area (Å²) in [6.45, 7) is 3.24. The Morgan fingerprint density at radius 3 is 2.39 bits per heavy atom. The van der Waals surface area contributed by atoms with Crippen molar-refractivity contribution in [3.8, 4) is 0 Å². The molecule has 166 valence electrons. The lowest BCUT2D eigenvalue weighted by atomic mass is 10.1. The molecule has 0 atom stereocenters. The van der Waals surface area contributed by atoms with Crippen molar-refractivity contribution in [2.45, 2.75) is 24.2 Å². The van der Waals surface area contributed by atoms with Crippen LogP contribution in [0.25, 0.3) is 0 Å². The summed E-state index contributed by atoms with van der Waals surface area (Å²) in [4.78, 5) is 6.96.